The molecule has 0 unspecified atom stereocenters. The maximum Gasteiger partial charge on any atom is 0.254 e. The van der Waals surface area contributed by atoms with Gasteiger partial charge in [0.05, 0.1) is 5.69 Å². The Kier molecular flexibility index (Phi) is 4.64. The van der Waals surface area contributed by atoms with Crippen molar-refractivity contribution in [3.05, 3.63) is 81.0 Å². The first kappa shape index (κ1) is 18.2. The van der Waals surface area contributed by atoms with Crippen molar-refractivity contribution in [1.82, 2.24) is 14.9 Å². The summed E-state index contributed by atoms with van der Waals surface area (Å²) in [4.78, 5) is 21.6. The third-order valence-corrected chi connectivity index (χ3v) is 4.82. The van der Waals surface area contributed by atoms with Gasteiger partial charge in [-0.15, -0.1) is 0 Å². The Morgan fingerprint density at radius 2 is 1.79 bits per heavy atom. The molecule has 0 radical (unpaired) electrons. The zero-order valence-corrected chi connectivity index (χ0v) is 14.8. The van der Waals surface area contributed by atoms with Crippen LogP contribution < -0.4 is 11.3 Å². The molecule has 3 N–H and O–H groups in total. The minimum atomic E-state index is -1.22. The van der Waals surface area contributed by atoms with Crippen LogP contribution in [0.3, 0.4) is 0 Å². The van der Waals surface area contributed by atoms with Crippen molar-refractivity contribution in [2.24, 2.45) is 0 Å². The molecule has 1 aromatic heterocycles. The van der Waals surface area contributed by atoms with Gasteiger partial charge in [-0.05, 0) is 36.8 Å². The van der Waals surface area contributed by atoms with Gasteiger partial charge < -0.3 is 10.7 Å². The molecule has 144 valence electrons. The quantitative estimate of drug-likeness (QED) is 0.536. The van der Waals surface area contributed by atoms with E-state index >= 15 is 0 Å². The maximum absolute atomic E-state index is 13.9. The number of aromatic amines is 1. The van der Waals surface area contributed by atoms with Gasteiger partial charge in [0.1, 0.15) is 11.6 Å². The molecule has 0 aliphatic carbocycles. The third-order valence-electron chi connectivity index (χ3n) is 4.82. The van der Waals surface area contributed by atoms with Gasteiger partial charge in [0, 0.05) is 48.1 Å². The predicted molar refractivity (Wildman–Crippen MR) is 98.8 cm³/mol. The van der Waals surface area contributed by atoms with E-state index in [0.717, 1.165) is 11.6 Å². The molecule has 2 aromatic carbocycles. The molecular formula is C20H17F3N4O. The number of nitrogens with two attached hydrogens (primary N) is 1. The van der Waals surface area contributed by atoms with Crippen molar-refractivity contribution >= 4 is 5.69 Å². The second-order valence-corrected chi connectivity index (χ2v) is 6.78. The maximum atomic E-state index is 13.9. The molecule has 0 fully saturated rings. The summed E-state index contributed by atoms with van der Waals surface area (Å²) in [6.07, 6.45) is 0.435. The normalized spacial score (nSPS) is 14.1. The highest BCUT2D eigenvalue weighted by molar-refractivity contribution is 5.58. The van der Waals surface area contributed by atoms with Crippen LogP contribution in [0.1, 0.15) is 16.8 Å². The highest BCUT2D eigenvalue weighted by Crippen LogP contribution is 2.22. The van der Waals surface area contributed by atoms with Crippen LogP contribution >= 0.6 is 0 Å². The topological polar surface area (TPSA) is 75.0 Å². The third kappa shape index (κ3) is 3.50. The lowest BCUT2D eigenvalue weighted by Crippen LogP contribution is -2.35. The first-order valence-electron chi connectivity index (χ1n) is 8.74. The fraction of sp³-hybridized carbons (Fsp3) is 0.200. The molecule has 5 nitrogen and oxygen atoms in total. The Morgan fingerprint density at radius 3 is 2.54 bits per heavy atom. The fourth-order valence-electron chi connectivity index (χ4n) is 3.33. The highest BCUT2D eigenvalue weighted by atomic mass is 19.2. The Hall–Kier alpha value is -3.13. The Labute approximate surface area is 158 Å². The number of hydrogen-bond acceptors (Lipinski definition) is 4. The van der Waals surface area contributed by atoms with Crippen LogP contribution in [0.5, 0.6) is 0 Å². The SMILES string of the molecule is Nc1ccc(-c2nc3c(c(=O)[nH]2)CCN(Cc2cc(F)c(F)cc2F)C3)cc1. The number of H-pyrrole nitrogens is 1. The van der Waals surface area contributed by atoms with E-state index in [1.54, 1.807) is 24.3 Å². The van der Waals surface area contributed by atoms with Gasteiger partial charge in [-0.3, -0.25) is 9.69 Å². The van der Waals surface area contributed by atoms with Gasteiger partial charge in [0.25, 0.3) is 5.56 Å². The van der Waals surface area contributed by atoms with Gasteiger partial charge in [-0.2, -0.15) is 0 Å². The minimum Gasteiger partial charge on any atom is -0.399 e. The van der Waals surface area contributed by atoms with Crippen LogP contribution in [0.2, 0.25) is 0 Å². The van der Waals surface area contributed by atoms with Crippen LogP contribution in [0.15, 0.2) is 41.2 Å². The molecule has 0 atom stereocenters. The van der Waals surface area contributed by atoms with Crippen molar-refractivity contribution in [2.45, 2.75) is 19.5 Å². The van der Waals surface area contributed by atoms with Gasteiger partial charge in [-0.1, -0.05) is 0 Å². The molecule has 4 rings (SSSR count). The molecule has 0 bridgehead atoms. The lowest BCUT2D eigenvalue weighted by molar-refractivity contribution is 0.236. The summed E-state index contributed by atoms with van der Waals surface area (Å²) in [5.41, 5.74) is 8.03. The molecule has 1 aliphatic heterocycles. The molecule has 0 saturated heterocycles. The first-order valence-corrected chi connectivity index (χ1v) is 8.74. The van der Waals surface area contributed by atoms with E-state index < -0.39 is 17.5 Å². The Bertz CT molecular complexity index is 1100. The molecule has 0 saturated carbocycles. The van der Waals surface area contributed by atoms with E-state index in [0.29, 0.717) is 48.3 Å². The number of aromatic nitrogens is 2. The van der Waals surface area contributed by atoms with Crippen LogP contribution in [-0.4, -0.2) is 21.4 Å². The monoisotopic (exact) mass is 386 g/mol. The molecular weight excluding hydrogens is 369 g/mol. The van der Waals surface area contributed by atoms with E-state index in [-0.39, 0.29) is 17.7 Å². The summed E-state index contributed by atoms with van der Waals surface area (Å²) in [6, 6.07) is 8.37. The number of fused-ring (bicyclic) bond motifs is 1. The summed E-state index contributed by atoms with van der Waals surface area (Å²) in [5.74, 6) is -2.68. The molecule has 1 aliphatic rings. The zero-order chi connectivity index (χ0) is 19.8. The van der Waals surface area contributed by atoms with E-state index in [4.69, 9.17) is 5.73 Å². The second kappa shape index (κ2) is 7.12. The average Bonchev–Trinajstić information content (AvgIpc) is 2.66. The van der Waals surface area contributed by atoms with Crippen molar-refractivity contribution in [1.29, 1.82) is 0 Å². The lowest BCUT2D eigenvalue weighted by atomic mass is 10.0. The van der Waals surface area contributed by atoms with Crippen LogP contribution in [0, 0.1) is 17.5 Å². The zero-order valence-electron chi connectivity index (χ0n) is 14.8. The van der Waals surface area contributed by atoms with Gasteiger partial charge in [0.2, 0.25) is 0 Å². The largest absolute Gasteiger partial charge is 0.399 e. The number of rotatable bonds is 3. The molecule has 3 aromatic rings. The minimum absolute atomic E-state index is 0.0611. The van der Waals surface area contributed by atoms with Crippen LogP contribution in [-0.2, 0) is 19.5 Å². The standard InChI is InChI=1S/C20H17F3N4O/c21-15-8-17(23)16(22)7-12(15)9-27-6-5-14-18(10-27)25-19(26-20(14)28)11-1-3-13(24)4-2-11/h1-4,7-8H,5-6,9-10,24H2,(H,25,26,28). The summed E-state index contributed by atoms with van der Waals surface area (Å²) in [5, 5.41) is 0. The molecule has 0 spiro atoms. The first-order chi connectivity index (χ1) is 13.4. The number of benzene rings is 2. The van der Waals surface area contributed by atoms with Crippen molar-refractivity contribution in [3.63, 3.8) is 0 Å². The van der Waals surface area contributed by atoms with Crippen molar-refractivity contribution < 1.29 is 13.2 Å². The van der Waals surface area contributed by atoms with E-state index in [1.807, 2.05) is 4.90 Å². The Balaban J connectivity index is 1.62. The highest BCUT2D eigenvalue weighted by Gasteiger charge is 2.23. The summed E-state index contributed by atoms with van der Waals surface area (Å²) < 4.78 is 40.5. The van der Waals surface area contributed by atoms with Crippen LogP contribution in [0.4, 0.5) is 18.9 Å². The van der Waals surface area contributed by atoms with Crippen molar-refractivity contribution in [3.8, 4) is 11.4 Å². The number of halogens is 3. The summed E-state index contributed by atoms with van der Waals surface area (Å²) in [7, 11) is 0. The predicted octanol–water partition coefficient (Wildman–Crippen LogP) is 2.99. The Morgan fingerprint density at radius 1 is 1.07 bits per heavy atom. The number of anilines is 1. The number of hydrogen-bond donors (Lipinski definition) is 2. The summed E-state index contributed by atoms with van der Waals surface area (Å²) >= 11 is 0. The number of nitrogen functional groups attached to an aromatic ring is 1. The second-order valence-electron chi connectivity index (χ2n) is 6.78. The van der Waals surface area contributed by atoms with Gasteiger partial charge in [-0.25, -0.2) is 18.2 Å². The van der Waals surface area contributed by atoms with Gasteiger partial charge >= 0.3 is 0 Å². The van der Waals surface area contributed by atoms with E-state index in [9.17, 15) is 18.0 Å². The fourth-order valence-corrected chi connectivity index (χ4v) is 3.33. The van der Waals surface area contributed by atoms with Crippen molar-refractivity contribution in [2.75, 3.05) is 12.3 Å². The average molecular weight is 386 g/mol. The van der Waals surface area contributed by atoms with Gasteiger partial charge in [0.15, 0.2) is 11.6 Å². The van der Waals surface area contributed by atoms with Crippen LogP contribution in [0.25, 0.3) is 11.4 Å². The molecule has 8 heteroatoms. The number of nitrogens with zero attached hydrogens (tertiary/aromatic N) is 2. The lowest BCUT2D eigenvalue weighted by Gasteiger charge is -2.28. The molecule has 2 heterocycles. The summed E-state index contributed by atoms with van der Waals surface area (Å²) in [6.45, 7) is 0.880. The molecule has 28 heavy (non-hydrogen) atoms. The van der Waals surface area contributed by atoms with E-state index in [2.05, 4.69) is 9.97 Å². The smallest absolute Gasteiger partial charge is 0.254 e. The molecule has 0 amide bonds. The van der Waals surface area contributed by atoms with E-state index in [1.165, 1.54) is 0 Å². The number of nitrogens with one attached hydrogen (secondary N) is 1.